The van der Waals surface area contributed by atoms with E-state index >= 15 is 0 Å². The Balaban J connectivity index is 2.17. The topological polar surface area (TPSA) is 54.7 Å². The number of H-pyrrole nitrogens is 1. The summed E-state index contributed by atoms with van der Waals surface area (Å²) in [4.78, 5) is 0. The van der Waals surface area contributed by atoms with Crippen LogP contribution in [0.1, 0.15) is 18.4 Å². The smallest absolute Gasteiger partial charge is 0.132 e. The van der Waals surface area contributed by atoms with E-state index in [-0.39, 0.29) is 5.41 Å². The summed E-state index contributed by atoms with van der Waals surface area (Å²) in [5.74, 6) is 0. The summed E-state index contributed by atoms with van der Waals surface area (Å²) in [6.07, 6.45) is 2.37. The van der Waals surface area contributed by atoms with Gasteiger partial charge >= 0.3 is 0 Å². The van der Waals surface area contributed by atoms with E-state index in [0.29, 0.717) is 11.7 Å². The van der Waals surface area contributed by atoms with E-state index in [9.17, 15) is 0 Å². The number of rotatable bonds is 2. The molecule has 2 aromatic rings. The number of nitrogens with two attached hydrogens (primary N) is 1. The highest BCUT2D eigenvalue weighted by atomic mass is 35.5. The molecule has 4 heteroatoms. The molecule has 0 aliphatic heterocycles. The Bertz CT molecular complexity index is 514. The molecule has 0 atom stereocenters. The van der Waals surface area contributed by atoms with Crippen LogP contribution in [0.15, 0.2) is 18.2 Å². The lowest BCUT2D eigenvalue weighted by molar-refractivity contribution is 0.706. The van der Waals surface area contributed by atoms with E-state index in [1.54, 1.807) is 0 Å². The van der Waals surface area contributed by atoms with Gasteiger partial charge in [0.05, 0.1) is 5.52 Å². The van der Waals surface area contributed by atoms with Gasteiger partial charge in [0.2, 0.25) is 0 Å². The van der Waals surface area contributed by atoms with Crippen molar-refractivity contribution in [2.24, 2.45) is 5.73 Å². The molecule has 0 radical (unpaired) electrons. The number of hydrogen-bond donors (Lipinski definition) is 2. The highest BCUT2D eigenvalue weighted by molar-refractivity contribution is 6.34. The highest BCUT2D eigenvalue weighted by Gasteiger charge is 2.42. The van der Waals surface area contributed by atoms with E-state index in [4.69, 9.17) is 17.3 Å². The Labute approximate surface area is 92.6 Å². The van der Waals surface area contributed by atoms with E-state index in [1.807, 2.05) is 6.07 Å². The highest BCUT2D eigenvalue weighted by Crippen LogP contribution is 2.47. The van der Waals surface area contributed by atoms with Crippen molar-refractivity contribution in [1.29, 1.82) is 0 Å². The van der Waals surface area contributed by atoms with Crippen molar-refractivity contribution in [2.75, 3.05) is 6.54 Å². The maximum absolute atomic E-state index is 6.01. The Morgan fingerprint density at radius 2 is 2.27 bits per heavy atom. The molecule has 78 valence electrons. The Morgan fingerprint density at radius 3 is 2.93 bits per heavy atom. The first kappa shape index (κ1) is 9.19. The third-order valence-corrected chi connectivity index (χ3v) is 3.65. The van der Waals surface area contributed by atoms with Crippen LogP contribution in [-0.2, 0) is 5.41 Å². The molecule has 1 heterocycles. The molecular formula is C11H12ClN3. The van der Waals surface area contributed by atoms with Crippen molar-refractivity contribution in [3.63, 3.8) is 0 Å². The number of aromatic amines is 1. The molecule has 1 fully saturated rings. The average molecular weight is 222 g/mol. The molecule has 0 saturated heterocycles. The number of halogens is 1. The summed E-state index contributed by atoms with van der Waals surface area (Å²) in [7, 11) is 0. The van der Waals surface area contributed by atoms with Crippen molar-refractivity contribution in [3.05, 3.63) is 28.9 Å². The molecule has 3 nitrogen and oxygen atoms in total. The van der Waals surface area contributed by atoms with Gasteiger partial charge in [0.15, 0.2) is 0 Å². The summed E-state index contributed by atoms with van der Waals surface area (Å²) < 4.78 is 0. The molecule has 0 amide bonds. The molecule has 0 bridgehead atoms. The van der Waals surface area contributed by atoms with Gasteiger partial charge in [0, 0.05) is 17.3 Å². The first-order chi connectivity index (χ1) is 7.25. The summed E-state index contributed by atoms with van der Waals surface area (Å²) in [5.41, 5.74) is 8.22. The van der Waals surface area contributed by atoms with Gasteiger partial charge in [-0.3, -0.25) is 5.10 Å². The van der Waals surface area contributed by atoms with Crippen LogP contribution in [-0.4, -0.2) is 16.7 Å². The molecule has 1 aromatic heterocycles. The normalized spacial score (nSPS) is 18.3. The van der Waals surface area contributed by atoms with Crippen LogP contribution in [0.2, 0.25) is 5.15 Å². The lowest BCUT2D eigenvalue weighted by atomic mass is 9.95. The van der Waals surface area contributed by atoms with Gasteiger partial charge in [-0.05, 0) is 30.5 Å². The van der Waals surface area contributed by atoms with Crippen LogP contribution in [0, 0.1) is 0 Å². The molecule has 1 aromatic carbocycles. The third-order valence-electron chi connectivity index (χ3n) is 3.36. The quantitative estimate of drug-likeness (QED) is 0.817. The molecule has 1 aliphatic carbocycles. The summed E-state index contributed by atoms with van der Waals surface area (Å²) in [5, 5.41) is 8.48. The van der Waals surface area contributed by atoms with Crippen LogP contribution in [0.4, 0.5) is 0 Å². The summed E-state index contributed by atoms with van der Waals surface area (Å²) in [6, 6.07) is 6.23. The van der Waals surface area contributed by atoms with Crippen molar-refractivity contribution in [3.8, 4) is 0 Å². The SMILES string of the molecule is NCC1(c2ccc3n[nH]c(Cl)c3c2)CC1. The fourth-order valence-corrected chi connectivity index (χ4v) is 2.26. The lowest BCUT2D eigenvalue weighted by Crippen LogP contribution is -2.19. The average Bonchev–Trinajstić information content (AvgIpc) is 2.99. The van der Waals surface area contributed by atoms with Gasteiger partial charge < -0.3 is 5.73 Å². The van der Waals surface area contributed by atoms with E-state index in [1.165, 1.54) is 18.4 Å². The second-order valence-corrected chi connectivity index (χ2v) is 4.63. The largest absolute Gasteiger partial charge is 0.330 e. The first-order valence-corrected chi connectivity index (χ1v) is 5.47. The van der Waals surface area contributed by atoms with Gasteiger partial charge in [-0.1, -0.05) is 17.7 Å². The number of aromatic nitrogens is 2. The zero-order valence-electron chi connectivity index (χ0n) is 8.26. The van der Waals surface area contributed by atoms with Crippen LogP contribution >= 0.6 is 11.6 Å². The predicted molar refractivity (Wildman–Crippen MR) is 61.1 cm³/mol. The summed E-state index contributed by atoms with van der Waals surface area (Å²) in [6.45, 7) is 0.716. The summed E-state index contributed by atoms with van der Waals surface area (Å²) >= 11 is 6.01. The third kappa shape index (κ3) is 1.27. The Hall–Kier alpha value is -1.06. The molecule has 1 saturated carbocycles. The fraction of sp³-hybridized carbons (Fsp3) is 0.364. The van der Waals surface area contributed by atoms with E-state index < -0.39 is 0 Å². The van der Waals surface area contributed by atoms with Crippen LogP contribution < -0.4 is 5.73 Å². The fourth-order valence-electron chi connectivity index (χ4n) is 2.07. The predicted octanol–water partition coefficient (Wildman–Crippen LogP) is 2.21. The van der Waals surface area contributed by atoms with Gasteiger partial charge in [0.1, 0.15) is 5.15 Å². The van der Waals surface area contributed by atoms with Crippen LogP contribution in [0.3, 0.4) is 0 Å². The maximum Gasteiger partial charge on any atom is 0.132 e. The number of fused-ring (bicyclic) bond motifs is 1. The standard InChI is InChI=1S/C11H12ClN3/c12-10-8-5-7(11(6-13)3-4-11)1-2-9(8)14-15-10/h1-2,5H,3-4,6,13H2,(H,14,15). The number of hydrogen-bond acceptors (Lipinski definition) is 2. The molecule has 1 aliphatic rings. The van der Waals surface area contributed by atoms with Crippen molar-refractivity contribution >= 4 is 22.5 Å². The van der Waals surface area contributed by atoms with Gasteiger partial charge in [-0.15, -0.1) is 0 Å². The zero-order chi connectivity index (χ0) is 10.5. The molecule has 0 unspecified atom stereocenters. The van der Waals surface area contributed by atoms with Gasteiger partial charge in [-0.2, -0.15) is 5.10 Å². The maximum atomic E-state index is 6.01. The molecule has 15 heavy (non-hydrogen) atoms. The Morgan fingerprint density at radius 1 is 1.47 bits per heavy atom. The van der Waals surface area contributed by atoms with Gasteiger partial charge in [0.25, 0.3) is 0 Å². The number of nitrogens with zero attached hydrogens (tertiary/aromatic N) is 1. The van der Waals surface area contributed by atoms with Crippen LogP contribution in [0.25, 0.3) is 10.9 Å². The first-order valence-electron chi connectivity index (χ1n) is 5.09. The van der Waals surface area contributed by atoms with Crippen molar-refractivity contribution in [1.82, 2.24) is 10.2 Å². The molecule has 0 spiro atoms. The van der Waals surface area contributed by atoms with Crippen molar-refractivity contribution < 1.29 is 0 Å². The second-order valence-electron chi connectivity index (χ2n) is 4.25. The minimum Gasteiger partial charge on any atom is -0.330 e. The lowest BCUT2D eigenvalue weighted by Gasteiger charge is -2.12. The van der Waals surface area contributed by atoms with Crippen LogP contribution in [0.5, 0.6) is 0 Å². The molecule has 3 rings (SSSR count). The minimum absolute atomic E-state index is 0.217. The minimum atomic E-state index is 0.217. The Kier molecular flexibility index (Phi) is 1.82. The molecule has 3 N–H and O–H groups in total. The monoisotopic (exact) mass is 221 g/mol. The number of nitrogens with one attached hydrogen (secondary N) is 1. The number of benzene rings is 1. The van der Waals surface area contributed by atoms with Gasteiger partial charge in [-0.25, -0.2) is 0 Å². The molecular weight excluding hydrogens is 210 g/mol. The van der Waals surface area contributed by atoms with E-state index in [0.717, 1.165) is 10.9 Å². The van der Waals surface area contributed by atoms with E-state index in [2.05, 4.69) is 22.3 Å². The second kappa shape index (κ2) is 2.97. The van der Waals surface area contributed by atoms with Crippen molar-refractivity contribution in [2.45, 2.75) is 18.3 Å². The zero-order valence-corrected chi connectivity index (χ0v) is 9.01.